The van der Waals surface area contributed by atoms with Gasteiger partial charge in [0.05, 0.1) is 23.4 Å². The number of halogens is 1. The maximum atomic E-state index is 12.8. The van der Waals surface area contributed by atoms with Crippen molar-refractivity contribution in [2.24, 2.45) is 0 Å². The van der Waals surface area contributed by atoms with Gasteiger partial charge >= 0.3 is 5.97 Å². The van der Waals surface area contributed by atoms with Gasteiger partial charge in [0.25, 0.3) is 0 Å². The maximum Gasteiger partial charge on any atom is 0.341 e. The van der Waals surface area contributed by atoms with Gasteiger partial charge in [-0.05, 0) is 50.3 Å². The normalized spacial score (nSPS) is 13.1. The summed E-state index contributed by atoms with van der Waals surface area (Å²) in [5.41, 5.74) is 1.53. The highest BCUT2D eigenvalue weighted by Crippen LogP contribution is 2.38. The predicted molar refractivity (Wildman–Crippen MR) is 138 cm³/mol. The first-order chi connectivity index (χ1) is 17.0. The van der Waals surface area contributed by atoms with Crippen molar-refractivity contribution in [2.75, 3.05) is 18.2 Å². The molecular formula is C24H27ClN4O4S2. The van der Waals surface area contributed by atoms with Gasteiger partial charge in [-0.3, -0.25) is 4.79 Å². The van der Waals surface area contributed by atoms with Crippen LogP contribution in [-0.2, 0) is 35.5 Å². The molecule has 8 nitrogen and oxygen atoms in total. The van der Waals surface area contributed by atoms with Gasteiger partial charge in [-0.25, -0.2) is 4.79 Å². The Labute approximate surface area is 217 Å². The Morgan fingerprint density at radius 2 is 2.00 bits per heavy atom. The van der Waals surface area contributed by atoms with E-state index in [0.29, 0.717) is 38.9 Å². The molecule has 1 N–H and O–H groups in total. The molecule has 0 aliphatic heterocycles. The number of carbonyl (C=O) groups excluding carboxylic acids is 2. The Bertz CT molecular complexity index is 1210. The van der Waals surface area contributed by atoms with E-state index in [1.54, 1.807) is 12.1 Å². The minimum Gasteiger partial charge on any atom is -0.484 e. The number of benzene rings is 1. The summed E-state index contributed by atoms with van der Waals surface area (Å²) >= 11 is 8.93. The molecule has 0 atom stereocenters. The van der Waals surface area contributed by atoms with Crippen molar-refractivity contribution < 1.29 is 19.1 Å². The van der Waals surface area contributed by atoms with E-state index < -0.39 is 5.97 Å². The maximum absolute atomic E-state index is 12.8. The molecular weight excluding hydrogens is 508 g/mol. The van der Waals surface area contributed by atoms with Crippen LogP contribution in [0.15, 0.2) is 29.4 Å². The molecule has 11 heteroatoms. The predicted octanol–water partition coefficient (Wildman–Crippen LogP) is 5.38. The second-order valence-corrected chi connectivity index (χ2v) is 10.4. The Kier molecular flexibility index (Phi) is 8.69. The molecule has 0 saturated heterocycles. The molecule has 3 aromatic rings. The molecule has 1 aromatic carbocycles. The average Bonchev–Trinajstić information content (AvgIpc) is 3.33. The first kappa shape index (κ1) is 25.5. The van der Waals surface area contributed by atoms with Gasteiger partial charge in [0, 0.05) is 11.4 Å². The summed E-state index contributed by atoms with van der Waals surface area (Å²) < 4.78 is 12.7. The molecule has 2 heterocycles. The number of fused-ring (bicyclic) bond motifs is 1. The smallest absolute Gasteiger partial charge is 0.341 e. The largest absolute Gasteiger partial charge is 0.484 e. The molecule has 0 bridgehead atoms. The number of esters is 1. The molecule has 0 fully saturated rings. The van der Waals surface area contributed by atoms with Gasteiger partial charge in [-0.15, -0.1) is 21.5 Å². The molecule has 0 saturated carbocycles. The van der Waals surface area contributed by atoms with Gasteiger partial charge in [0.15, 0.2) is 11.0 Å². The van der Waals surface area contributed by atoms with Gasteiger partial charge in [-0.1, -0.05) is 41.9 Å². The number of carbonyl (C=O) groups is 2. The number of nitrogens with one attached hydrogen (secondary N) is 1. The number of thiophene rings is 1. The molecule has 0 spiro atoms. The molecule has 1 aliphatic carbocycles. The van der Waals surface area contributed by atoms with Gasteiger partial charge in [0.1, 0.15) is 17.4 Å². The van der Waals surface area contributed by atoms with Crippen LogP contribution in [0.2, 0.25) is 5.02 Å². The summed E-state index contributed by atoms with van der Waals surface area (Å²) in [6.07, 6.45) is 5.02. The third kappa shape index (κ3) is 5.99. The van der Waals surface area contributed by atoms with Crippen LogP contribution in [0.25, 0.3) is 0 Å². The quantitative estimate of drug-likeness (QED) is 0.224. The number of methoxy groups -OCH3 is 1. The van der Waals surface area contributed by atoms with Crippen molar-refractivity contribution in [3.63, 3.8) is 0 Å². The highest BCUT2D eigenvalue weighted by atomic mass is 35.5. The molecule has 2 aromatic heterocycles. The van der Waals surface area contributed by atoms with E-state index in [2.05, 4.69) is 15.5 Å². The number of ether oxygens (including phenoxy) is 2. The van der Waals surface area contributed by atoms with Gasteiger partial charge in [-0.2, -0.15) is 0 Å². The number of thioether (sulfide) groups is 1. The highest BCUT2D eigenvalue weighted by Gasteiger charge is 2.26. The number of aryl methyl sites for hydroxylation is 1. The Morgan fingerprint density at radius 1 is 1.20 bits per heavy atom. The van der Waals surface area contributed by atoms with Crippen molar-refractivity contribution in [3.8, 4) is 5.75 Å². The number of hydrogen-bond donors (Lipinski definition) is 1. The third-order valence-corrected chi connectivity index (χ3v) is 8.19. The molecule has 0 radical (unpaired) electrons. The van der Waals surface area contributed by atoms with E-state index >= 15 is 0 Å². The summed E-state index contributed by atoms with van der Waals surface area (Å²) in [6, 6.07) is 7.24. The van der Waals surface area contributed by atoms with Gasteiger partial charge in [0.2, 0.25) is 5.91 Å². The van der Waals surface area contributed by atoms with E-state index in [9.17, 15) is 9.59 Å². The van der Waals surface area contributed by atoms with E-state index in [-0.39, 0.29) is 18.3 Å². The summed E-state index contributed by atoms with van der Waals surface area (Å²) in [4.78, 5) is 26.5. The van der Waals surface area contributed by atoms with Crippen molar-refractivity contribution in [3.05, 3.63) is 51.1 Å². The van der Waals surface area contributed by atoms with Crippen LogP contribution in [0.5, 0.6) is 5.75 Å². The number of amides is 1. The summed E-state index contributed by atoms with van der Waals surface area (Å²) in [7, 11) is 1.37. The summed E-state index contributed by atoms with van der Waals surface area (Å²) in [6.45, 7) is 2.82. The van der Waals surface area contributed by atoms with E-state index in [0.717, 1.165) is 37.7 Å². The second kappa shape index (κ2) is 11.9. The van der Waals surface area contributed by atoms with Crippen molar-refractivity contribution in [2.45, 2.75) is 57.3 Å². The third-order valence-electron chi connectivity index (χ3n) is 5.70. The fourth-order valence-corrected chi connectivity index (χ4v) is 6.30. The van der Waals surface area contributed by atoms with E-state index in [1.807, 2.05) is 23.6 Å². The zero-order valence-corrected chi connectivity index (χ0v) is 22.0. The first-order valence-electron chi connectivity index (χ1n) is 11.5. The Balaban J connectivity index is 1.41. The minimum absolute atomic E-state index is 0.132. The number of hydrogen-bond acceptors (Lipinski definition) is 8. The average molecular weight is 535 g/mol. The standard InChI is InChI=1S/C24H27ClN4O4S2/c1-3-29-19(13-33-17-11-8-7-10-16(17)25)27-28-24(29)34-14-20(30)26-22-21(23(31)32-2)15-9-5-4-6-12-18(15)35-22/h7-8,10-11H,3-6,9,12-14H2,1-2H3,(H,26,30). The fraction of sp³-hybridized carbons (Fsp3) is 0.417. The number of aromatic nitrogens is 3. The van der Waals surface area contributed by atoms with Gasteiger partial charge < -0.3 is 19.4 Å². The van der Waals surface area contributed by atoms with Crippen LogP contribution in [-0.4, -0.2) is 39.5 Å². The van der Waals surface area contributed by atoms with Crippen LogP contribution in [0, 0.1) is 0 Å². The van der Waals surface area contributed by atoms with Crippen molar-refractivity contribution in [1.29, 1.82) is 0 Å². The topological polar surface area (TPSA) is 95.3 Å². The molecule has 186 valence electrons. The molecule has 0 unspecified atom stereocenters. The number of para-hydroxylation sites is 1. The minimum atomic E-state index is -0.402. The Hall–Kier alpha value is -2.56. The number of anilines is 1. The van der Waals surface area contributed by atoms with Crippen molar-refractivity contribution in [1.82, 2.24) is 14.8 Å². The lowest BCUT2D eigenvalue weighted by Gasteiger charge is -2.10. The monoisotopic (exact) mass is 534 g/mol. The van der Waals surface area contributed by atoms with Crippen LogP contribution >= 0.6 is 34.7 Å². The number of rotatable bonds is 9. The lowest BCUT2D eigenvalue weighted by Crippen LogP contribution is -2.17. The van der Waals surface area contributed by atoms with Crippen molar-refractivity contribution >= 4 is 51.6 Å². The first-order valence-corrected chi connectivity index (χ1v) is 13.6. The summed E-state index contributed by atoms with van der Waals surface area (Å²) in [5.74, 6) is 0.735. The second-order valence-electron chi connectivity index (χ2n) is 7.96. The van der Waals surface area contributed by atoms with E-state index in [4.69, 9.17) is 21.1 Å². The zero-order valence-electron chi connectivity index (χ0n) is 19.6. The molecule has 4 rings (SSSR count). The van der Waals surface area contributed by atoms with Crippen LogP contribution in [0.4, 0.5) is 5.00 Å². The highest BCUT2D eigenvalue weighted by molar-refractivity contribution is 7.99. The number of nitrogens with zero attached hydrogens (tertiary/aromatic N) is 3. The van der Waals surface area contributed by atoms with Crippen LogP contribution in [0.1, 0.15) is 52.8 Å². The van der Waals surface area contributed by atoms with Crippen LogP contribution < -0.4 is 10.1 Å². The molecule has 35 heavy (non-hydrogen) atoms. The summed E-state index contributed by atoms with van der Waals surface area (Å²) in [5, 5.41) is 13.1. The lowest BCUT2D eigenvalue weighted by molar-refractivity contribution is -0.113. The van der Waals surface area contributed by atoms with E-state index in [1.165, 1.54) is 35.1 Å². The lowest BCUT2D eigenvalue weighted by atomic mass is 10.1. The molecule has 1 amide bonds. The fourth-order valence-electron chi connectivity index (χ4n) is 4.00. The SMILES string of the molecule is CCn1c(COc2ccccc2Cl)nnc1SCC(=O)Nc1sc2c(c1C(=O)OC)CCCCC2. The Morgan fingerprint density at radius 3 is 2.77 bits per heavy atom. The molecule has 1 aliphatic rings. The van der Waals surface area contributed by atoms with Crippen LogP contribution in [0.3, 0.4) is 0 Å². The zero-order chi connectivity index (χ0) is 24.8.